The number of aliphatic hydroxyl groups excluding tert-OH is 1. The number of aryl methyl sites for hydroxylation is 2. The van der Waals surface area contributed by atoms with Crippen molar-refractivity contribution >= 4 is 23.4 Å². The summed E-state index contributed by atoms with van der Waals surface area (Å²) in [4.78, 5) is 42.9. The molecule has 5 atom stereocenters. The topological polar surface area (TPSA) is 108 Å². The smallest absolute Gasteiger partial charge is 0.250 e. The molecular formula is C29H35N3O5. The quantitative estimate of drug-likeness (QED) is 0.511. The highest BCUT2D eigenvalue weighted by Crippen LogP contribution is 2.63. The Morgan fingerprint density at radius 1 is 1.11 bits per heavy atom. The van der Waals surface area contributed by atoms with Crippen molar-refractivity contribution in [3.63, 3.8) is 0 Å². The second kappa shape index (κ2) is 9.58. The van der Waals surface area contributed by atoms with Crippen LogP contribution in [0, 0.1) is 25.7 Å². The van der Waals surface area contributed by atoms with Gasteiger partial charge < -0.3 is 25.4 Å². The maximum atomic E-state index is 13.9. The van der Waals surface area contributed by atoms with Gasteiger partial charge in [0, 0.05) is 25.4 Å². The number of nitrogens with zero attached hydrogens (tertiary/aromatic N) is 1. The SMILES string of the molecule is Cc1ccc(C)c(NC(=O)C2N(CCCO)C(=O)[C@@H]3[C@H](C(=O)NCc4ccccc4)[C@]4(C)CCC23O4)c1. The number of ether oxygens (including phenoxy) is 1. The fraction of sp³-hybridized carbons (Fsp3) is 0.483. The number of benzene rings is 2. The van der Waals surface area contributed by atoms with Crippen LogP contribution in [0.15, 0.2) is 48.5 Å². The van der Waals surface area contributed by atoms with Crippen molar-refractivity contribution in [1.29, 1.82) is 0 Å². The van der Waals surface area contributed by atoms with Gasteiger partial charge in [-0.1, -0.05) is 42.5 Å². The molecule has 2 aromatic rings. The third kappa shape index (κ3) is 4.22. The van der Waals surface area contributed by atoms with Gasteiger partial charge in [-0.3, -0.25) is 14.4 Å². The number of amides is 3. The fourth-order valence-electron chi connectivity index (χ4n) is 6.58. The van der Waals surface area contributed by atoms with Gasteiger partial charge in [-0.25, -0.2) is 0 Å². The lowest BCUT2D eigenvalue weighted by Crippen LogP contribution is -2.53. The Labute approximate surface area is 217 Å². The van der Waals surface area contributed by atoms with Gasteiger partial charge in [0.05, 0.1) is 17.4 Å². The lowest BCUT2D eigenvalue weighted by molar-refractivity contribution is -0.144. The molecular weight excluding hydrogens is 470 g/mol. The number of fused-ring (bicyclic) bond motifs is 1. The second-order valence-corrected chi connectivity index (χ2v) is 10.8. The van der Waals surface area contributed by atoms with E-state index in [0.717, 1.165) is 16.7 Å². The molecule has 2 aromatic carbocycles. The highest BCUT2D eigenvalue weighted by molar-refractivity contribution is 6.04. The first-order valence-electron chi connectivity index (χ1n) is 13.0. The molecule has 3 heterocycles. The summed E-state index contributed by atoms with van der Waals surface area (Å²) in [5.41, 5.74) is 1.67. The van der Waals surface area contributed by atoms with Gasteiger partial charge >= 0.3 is 0 Å². The average molecular weight is 506 g/mol. The average Bonchev–Trinajstić information content (AvgIpc) is 3.44. The summed E-state index contributed by atoms with van der Waals surface area (Å²) in [6, 6.07) is 14.6. The second-order valence-electron chi connectivity index (χ2n) is 10.8. The van der Waals surface area contributed by atoms with Crippen molar-refractivity contribution in [3.05, 3.63) is 65.2 Å². The summed E-state index contributed by atoms with van der Waals surface area (Å²) >= 11 is 0. The lowest BCUT2D eigenvalue weighted by atomic mass is 9.66. The first kappa shape index (κ1) is 25.4. The number of anilines is 1. The van der Waals surface area contributed by atoms with Crippen LogP contribution >= 0.6 is 0 Å². The molecule has 3 aliphatic rings. The van der Waals surface area contributed by atoms with E-state index >= 15 is 0 Å². The Kier molecular flexibility index (Phi) is 6.58. The third-order valence-electron chi connectivity index (χ3n) is 8.33. The van der Waals surface area contributed by atoms with Gasteiger partial charge in [-0.15, -0.1) is 0 Å². The highest BCUT2D eigenvalue weighted by atomic mass is 16.5. The maximum Gasteiger partial charge on any atom is 0.250 e. The highest BCUT2D eigenvalue weighted by Gasteiger charge is 2.77. The molecule has 3 amide bonds. The summed E-state index contributed by atoms with van der Waals surface area (Å²) in [6.07, 6.45) is 1.44. The molecule has 3 N–H and O–H groups in total. The molecule has 0 aliphatic carbocycles. The predicted molar refractivity (Wildman–Crippen MR) is 138 cm³/mol. The third-order valence-corrected chi connectivity index (χ3v) is 8.33. The summed E-state index contributed by atoms with van der Waals surface area (Å²) < 4.78 is 6.62. The molecule has 3 saturated heterocycles. The zero-order valence-corrected chi connectivity index (χ0v) is 21.6. The minimum atomic E-state index is -1.09. The summed E-state index contributed by atoms with van der Waals surface area (Å²) in [7, 11) is 0. The van der Waals surface area contributed by atoms with Gasteiger partial charge in [0.15, 0.2) is 0 Å². The van der Waals surface area contributed by atoms with Crippen molar-refractivity contribution < 1.29 is 24.2 Å². The molecule has 0 aromatic heterocycles. The Bertz CT molecular complexity index is 1220. The van der Waals surface area contributed by atoms with Crippen LogP contribution in [0.3, 0.4) is 0 Å². The monoisotopic (exact) mass is 505 g/mol. The van der Waals surface area contributed by atoms with E-state index in [1.165, 1.54) is 4.90 Å². The Morgan fingerprint density at radius 2 is 1.86 bits per heavy atom. The minimum absolute atomic E-state index is 0.105. The number of aliphatic hydroxyl groups is 1. The van der Waals surface area contributed by atoms with Crippen LogP contribution < -0.4 is 10.6 Å². The Balaban J connectivity index is 1.46. The zero-order valence-electron chi connectivity index (χ0n) is 21.6. The Morgan fingerprint density at radius 3 is 2.59 bits per heavy atom. The van der Waals surface area contributed by atoms with Crippen LogP contribution in [0.25, 0.3) is 0 Å². The summed E-state index contributed by atoms with van der Waals surface area (Å²) in [6.45, 7) is 6.23. The molecule has 2 bridgehead atoms. The van der Waals surface area contributed by atoms with E-state index < -0.39 is 29.1 Å². The van der Waals surface area contributed by atoms with Crippen LogP contribution in [0.4, 0.5) is 5.69 Å². The van der Waals surface area contributed by atoms with Gasteiger partial charge in [-0.2, -0.15) is 0 Å². The van der Waals surface area contributed by atoms with Crippen molar-refractivity contribution in [2.45, 2.75) is 63.8 Å². The number of hydrogen-bond donors (Lipinski definition) is 3. The number of carbonyl (C=O) groups is 3. The zero-order chi connectivity index (χ0) is 26.4. The van der Waals surface area contributed by atoms with Crippen LogP contribution in [-0.2, 0) is 25.7 Å². The van der Waals surface area contributed by atoms with E-state index in [0.29, 0.717) is 31.5 Å². The van der Waals surface area contributed by atoms with E-state index in [1.807, 2.05) is 69.3 Å². The molecule has 8 heteroatoms. The van der Waals surface area contributed by atoms with Crippen LogP contribution in [-0.4, -0.2) is 58.1 Å². The van der Waals surface area contributed by atoms with E-state index in [2.05, 4.69) is 10.6 Å². The van der Waals surface area contributed by atoms with Gasteiger partial charge in [-0.05, 0) is 62.8 Å². The van der Waals surface area contributed by atoms with E-state index in [9.17, 15) is 19.5 Å². The first-order valence-corrected chi connectivity index (χ1v) is 13.0. The van der Waals surface area contributed by atoms with Gasteiger partial charge in [0.2, 0.25) is 17.7 Å². The fourth-order valence-corrected chi connectivity index (χ4v) is 6.58. The van der Waals surface area contributed by atoms with E-state index in [4.69, 9.17) is 4.74 Å². The van der Waals surface area contributed by atoms with Crippen molar-refractivity contribution in [2.75, 3.05) is 18.5 Å². The van der Waals surface area contributed by atoms with E-state index in [-0.39, 0.29) is 30.9 Å². The molecule has 37 heavy (non-hydrogen) atoms. The molecule has 0 saturated carbocycles. The van der Waals surface area contributed by atoms with Crippen molar-refractivity contribution in [1.82, 2.24) is 10.2 Å². The van der Waals surface area contributed by atoms with Crippen LogP contribution in [0.2, 0.25) is 0 Å². The van der Waals surface area contributed by atoms with E-state index in [1.54, 1.807) is 0 Å². The lowest BCUT2D eigenvalue weighted by Gasteiger charge is -2.33. The minimum Gasteiger partial charge on any atom is -0.396 e. The molecule has 196 valence electrons. The van der Waals surface area contributed by atoms with Gasteiger partial charge in [0.25, 0.3) is 0 Å². The molecule has 0 radical (unpaired) electrons. The number of rotatable bonds is 8. The van der Waals surface area contributed by atoms with Crippen molar-refractivity contribution in [3.8, 4) is 0 Å². The van der Waals surface area contributed by atoms with Crippen LogP contribution in [0.1, 0.15) is 42.9 Å². The number of likely N-dealkylation sites (tertiary alicyclic amines) is 1. The van der Waals surface area contributed by atoms with Gasteiger partial charge in [0.1, 0.15) is 11.6 Å². The number of carbonyl (C=O) groups excluding carboxylic acids is 3. The van der Waals surface area contributed by atoms with Crippen LogP contribution in [0.5, 0.6) is 0 Å². The summed E-state index contributed by atoms with van der Waals surface area (Å²) in [5.74, 6) is -2.26. The molecule has 3 aliphatic heterocycles. The maximum absolute atomic E-state index is 13.9. The summed E-state index contributed by atoms with van der Waals surface area (Å²) in [5, 5.41) is 15.5. The predicted octanol–water partition coefficient (Wildman–Crippen LogP) is 2.71. The normalized spacial score (nSPS) is 29.9. The number of nitrogens with one attached hydrogen (secondary N) is 2. The number of hydrogen-bond acceptors (Lipinski definition) is 5. The molecule has 3 fully saturated rings. The molecule has 5 rings (SSSR count). The molecule has 2 unspecified atom stereocenters. The Hall–Kier alpha value is -3.23. The molecule has 1 spiro atoms. The van der Waals surface area contributed by atoms with Crippen molar-refractivity contribution in [2.24, 2.45) is 11.8 Å². The first-order chi connectivity index (χ1) is 17.7. The standard InChI is InChI=1S/C29H35N3O5/c1-18-10-11-19(2)21(16-18)31-26(35)24-29-13-12-28(3,37-29)22(23(29)27(36)32(24)14-7-15-33)25(34)30-17-20-8-5-4-6-9-20/h4-6,8-11,16,22-24,33H,7,12-15,17H2,1-3H3,(H,30,34)(H,31,35)/t22-,23+,24?,28+,29?/m1/s1. The largest absolute Gasteiger partial charge is 0.396 e. The molecule has 8 nitrogen and oxygen atoms in total.